The molecular weight excluding hydrogens is 288 g/mol. The highest BCUT2D eigenvalue weighted by atomic mass is 31.1. The summed E-state index contributed by atoms with van der Waals surface area (Å²) in [5.41, 5.74) is 0.180. The topological polar surface area (TPSA) is 56.8 Å². The Kier molecular flexibility index (Phi) is 8.51. The lowest BCUT2D eigenvalue weighted by Crippen LogP contribution is -2.45. The van der Waals surface area contributed by atoms with Gasteiger partial charge in [0, 0.05) is 12.3 Å². The van der Waals surface area contributed by atoms with Crippen LogP contribution in [0.2, 0.25) is 0 Å². The van der Waals surface area contributed by atoms with Gasteiger partial charge in [-0.3, -0.25) is 5.09 Å². The van der Waals surface area contributed by atoms with Crippen molar-refractivity contribution in [2.45, 2.75) is 77.1 Å². The molecular formula is C14H31BNO4P. The summed E-state index contributed by atoms with van der Waals surface area (Å²) in [7, 11) is 0.144. The molecule has 1 heterocycles. The Hall–Kier alpha value is 0.135. The minimum absolute atomic E-state index is 0.0186. The van der Waals surface area contributed by atoms with Gasteiger partial charge in [0.1, 0.15) is 15.8 Å². The van der Waals surface area contributed by atoms with Crippen molar-refractivity contribution in [3.8, 4) is 0 Å². The third kappa shape index (κ3) is 5.68. The summed E-state index contributed by atoms with van der Waals surface area (Å²) in [6, 6.07) is -0.0889. The maximum atomic E-state index is 12.4. The van der Waals surface area contributed by atoms with E-state index in [1.54, 1.807) is 0 Å². The molecule has 6 atom stereocenters. The van der Waals surface area contributed by atoms with Crippen LogP contribution in [0.1, 0.15) is 41.0 Å². The standard InChI is InChI=1S/C14H31BNO4P/c1-6-10(5)21(17)16-12-11(8-19-9(3)4)20-14(15)13(12)18-7-2/h9-14,21H,6-8,15H2,1-5H3,(H,16,17). The minimum atomic E-state index is -1.86. The van der Waals surface area contributed by atoms with Crippen LogP contribution in [-0.2, 0) is 18.8 Å². The summed E-state index contributed by atoms with van der Waals surface area (Å²) in [6.45, 7) is 11.2. The van der Waals surface area contributed by atoms with Gasteiger partial charge in [-0.25, -0.2) is 0 Å². The Morgan fingerprint density at radius 3 is 2.52 bits per heavy atom. The molecule has 0 spiro atoms. The molecule has 0 amide bonds. The van der Waals surface area contributed by atoms with E-state index in [1.165, 1.54) is 0 Å². The molecule has 124 valence electrons. The van der Waals surface area contributed by atoms with E-state index < -0.39 is 7.95 Å². The second-order valence-electron chi connectivity index (χ2n) is 6.03. The van der Waals surface area contributed by atoms with Gasteiger partial charge in [-0.15, -0.1) is 0 Å². The number of rotatable bonds is 9. The molecule has 0 aromatic carbocycles. The minimum Gasteiger partial charge on any atom is -0.377 e. The number of hydrogen-bond acceptors (Lipinski definition) is 4. The van der Waals surface area contributed by atoms with Crippen LogP contribution in [0.4, 0.5) is 0 Å². The van der Waals surface area contributed by atoms with Crippen molar-refractivity contribution >= 4 is 15.8 Å². The Balaban J connectivity index is 2.74. The lowest BCUT2D eigenvalue weighted by atomic mass is 9.92. The average molecular weight is 319 g/mol. The van der Waals surface area contributed by atoms with Gasteiger partial charge in [0.25, 0.3) is 0 Å². The fraction of sp³-hybridized carbons (Fsp3) is 1.00. The molecule has 1 saturated heterocycles. The zero-order valence-corrected chi connectivity index (χ0v) is 15.2. The first kappa shape index (κ1) is 19.2. The molecule has 7 heteroatoms. The molecule has 1 fully saturated rings. The van der Waals surface area contributed by atoms with Gasteiger partial charge in [0.2, 0.25) is 0 Å². The summed E-state index contributed by atoms with van der Waals surface area (Å²) >= 11 is 0. The van der Waals surface area contributed by atoms with Gasteiger partial charge in [-0.05, 0) is 27.2 Å². The van der Waals surface area contributed by atoms with Crippen LogP contribution in [-0.4, -0.2) is 57.1 Å². The van der Waals surface area contributed by atoms with Crippen LogP contribution < -0.4 is 5.09 Å². The maximum absolute atomic E-state index is 12.4. The van der Waals surface area contributed by atoms with Crippen LogP contribution in [0, 0.1) is 0 Å². The van der Waals surface area contributed by atoms with E-state index >= 15 is 0 Å². The maximum Gasteiger partial charge on any atom is 0.142 e. The first-order valence-electron chi connectivity index (χ1n) is 8.09. The molecule has 0 aromatic heterocycles. The quantitative estimate of drug-likeness (QED) is 0.514. The predicted molar refractivity (Wildman–Crippen MR) is 89.4 cm³/mol. The molecule has 21 heavy (non-hydrogen) atoms. The molecule has 0 radical (unpaired) electrons. The molecule has 0 saturated carbocycles. The zero-order valence-electron chi connectivity index (χ0n) is 14.2. The van der Waals surface area contributed by atoms with Gasteiger partial charge >= 0.3 is 0 Å². The highest BCUT2D eigenvalue weighted by Gasteiger charge is 2.43. The number of hydrogen-bond donors (Lipinski definition) is 1. The molecule has 1 rings (SSSR count). The van der Waals surface area contributed by atoms with Crippen molar-refractivity contribution in [3.63, 3.8) is 0 Å². The molecule has 1 aliphatic rings. The monoisotopic (exact) mass is 319 g/mol. The van der Waals surface area contributed by atoms with Crippen LogP contribution in [0.15, 0.2) is 0 Å². The highest BCUT2D eigenvalue weighted by Crippen LogP contribution is 2.32. The Morgan fingerprint density at radius 2 is 2.00 bits per heavy atom. The van der Waals surface area contributed by atoms with Crippen molar-refractivity contribution in [1.82, 2.24) is 5.09 Å². The highest BCUT2D eigenvalue weighted by molar-refractivity contribution is 7.43. The second kappa shape index (κ2) is 9.31. The first-order chi connectivity index (χ1) is 9.90. The van der Waals surface area contributed by atoms with Crippen molar-refractivity contribution in [2.75, 3.05) is 13.2 Å². The fourth-order valence-electron chi connectivity index (χ4n) is 2.47. The smallest absolute Gasteiger partial charge is 0.142 e. The molecule has 1 N–H and O–H groups in total. The third-order valence-electron chi connectivity index (χ3n) is 3.93. The third-order valence-corrected chi connectivity index (χ3v) is 5.85. The average Bonchev–Trinajstić information content (AvgIpc) is 2.73. The van der Waals surface area contributed by atoms with Crippen LogP contribution in [0.3, 0.4) is 0 Å². The second-order valence-corrected chi connectivity index (χ2v) is 8.03. The largest absolute Gasteiger partial charge is 0.377 e. The van der Waals surface area contributed by atoms with Crippen molar-refractivity contribution in [2.24, 2.45) is 0 Å². The van der Waals surface area contributed by atoms with Gasteiger partial charge < -0.3 is 18.8 Å². The molecule has 0 aromatic rings. The molecule has 0 bridgehead atoms. The van der Waals surface area contributed by atoms with Crippen LogP contribution in [0.5, 0.6) is 0 Å². The SMILES string of the molecule is BC1OC(COC(C)C)C(N[PH](=O)C(C)CC)C1OCC. The molecule has 6 unspecified atom stereocenters. The van der Waals surface area contributed by atoms with Gasteiger partial charge in [-0.1, -0.05) is 13.8 Å². The normalized spacial score (nSPS) is 32.5. The molecule has 5 nitrogen and oxygen atoms in total. The summed E-state index contributed by atoms with van der Waals surface area (Å²) in [4.78, 5) is 0. The van der Waals surface area contributed by atoms with E-state index in [0.29, 0.717) is 13.2 Å². The fourth-order valence-corrected chi connectivity index (χ4v) is 3.80. The van der Waals surface area contributed by atoms with E-state index in [1.807, 2.05) is 35.5 Å². The summed E-state index contributed by atoms with van der Waals surface area (Å²) < 4.78 is 29.9. The van der Waals surface area contributed by atoms with E-state index in [9.17, 15) is 4.57 Å². The first-order valence-corrected chi connectivity index (χ1v) is 9.58. The van der Waals surface area contributed by atoms with E-state index in [0.717, 1.165) is 6.42 Å². The number of nitrogens with one attached hydrogen (secondary N) is 1. The summed E-state index contributed by atoms with van der Waals surface area (Å²) in [6.07, 6.45) is 0.869. The van der Waals surface area contributed by atoms with Crippen molar-refractivity contribution in [3.05, 3.63) is 0 Å². The number of ether oxygens (including phenoxy) is 3. The lowest BCUT2D eigenvalue weighted by Gasteiger charge is -2.26. The van der Waals surface area contributed by atoms with Gasteiger partial charge in [0.05, 0.1) is 37.0 Å². The molecule has 1 aliphatic heterocycles. The van der Waals surface area contributed by atoms with E-state index in [-0.39, 0.29) is 36.0 Å². The summed E-state index contributed by atoms with van der Waals surface area (Å²) in [5.74, 6) is 0. The predicted octanol–water partition coefficient (Wildman–Crippen LogP) is 1.41. The van der Waals surface area contributed by atoms with Gasteiger partial charge in [-0.2, -0.15) is 0 Å². The van der Waals surface area contributed by atoms with Crippen molar-refractivity contribution in [1.29, 1.82) is 0 Å². The van der Waals surface area contributed by atoms with E-state index in [4.69, 9.17) is 14.2 Å². The lowest BCUT2D eigenvalue weighted by molar-refractivity contribution is -0.0241. The summed E-state index contributed by atoms with van der Waals surface area (Å²) in [5, 5.41) is 3.28. The van der Waals surface area contributed by atoms with Crippen LogP contribution in [0.25, 0.3) is 0 Å². The zero-order chi connectivity index (χ0) is 16.0. The Bertz CT molecular complexity index is 332. The molecule has 0 aliphatic carbocycles. The van der Waals surface area contributed by atoms with Crippen molar-refractivity contribution < 1.29 is 18.8 Å². The van der Waals surface area contributed by atoms with Crippen LogP contribution >= 0.6 is 7.95 Å². The van der Waals surface area contributed by atoms with E-state index in [2.05, 4.69) is 12.0 Å². The van der Waals surface area contributed by atoms with Gasteiger partial charge in [0.15, 0.2) is 0 Å². The Morgan fingerprint density at radius 1 is 1.33 bits per heavy atom. The Labute approximate surface area is 130 Å².